The molecule has 0 bridgehead atoms. The molecule has 0 aliphatic carbocycles. The van der Waals surface area contributed by atoms with Crippen LogP contribution in [0.25, 0.3) is 0 Å². The third-order valence-electron chi connectivity index (χ3n) is 4.38. The number of amides is 1. The average molecular weight is 294 g/mol. The second-order valence-corrected chi connectivity index (χ2v) is 5.94. The van der Waals surface area contributed by atoms with Crippen LogP contribution in [0.5, 0.6) is 0 Å². The highest BCUT2D eigenvalue weighted by atomic mass is 16.1. The molecule has 114 valence electrons. The number of nitrogens with one attached hydrogen (secondary N) is 2. The summed E-state index contributed by atoms with van der Waals surface area (Å²) in [5.74, 6) is 1.09. The second kappa shape index (κ2) is 7.23. The molecule has 3 heteroatoms. The van der Waals surface area contributed by atoms with Crippen LogP contribution in [0.4, 0.5) is 0 Å². The van der Waals surface area contributed by atoms with Gasteiger partial charge >= 0.3 is 0 Å². The lowest BCUT2D eigenvalue weighted by molar-refractivity contribution is 0.0945. The smallest absolute Gasteiger partial charge is 0.251 e. The maximum Gasteiger partial charge on any atom is 0.251 e. The first kappa shape index (κ1) is 14.8. The molecule has 3 nitrogen and oxygen atoms in total. The topological polar surface area (TPSA) is 41.1 Å². The zero-order chi connectivity index (χ0) is 15.2. The Morgan fingerprint density at radius 1 is 0.955 bits per heavy atom. The second-order valence-electron chi connectivity index (χ2n) is 5.94. The van der Waals surface area contributed by atoms with Gasteiger partial charge in [-0.25, -0.2) is 0 Å². The van der Waals surface area contributed by atoms with E-state index in [1.54, 1.807) is 0 Å². The Kier molecular flexibility index (Phi) is 4.86. The quantitative estimate of drug-likeness (QED) is 0.889. The van der Waals surface area contributed by atoms with Crippen LogP contribution >= 0.6 is 0 Å². The van der Waals surface area contributed by atoms with E-state index in [0.29, 0.717) is 11.8 Å². The fraction of sp³-hybridized carbons (Fsp3) is 0.316. The molecule has 1 heterocycles. The first-order valence-corrected chi connectivity index (χ1v) is 7.91. The Labute approximate surface area is 131 Å². The van der Waals surface area contributed by atoms with Gasteiger partial charge in [0, 0.05) is 12.1 Å². The summed E-state index contributed by atoms with van der Waals surface area (Å²) in [6.07, 6.45) is 1.07. The number of hydrogen-bond acceptors (Lipinski definition) is 2. The van der Waals surface area contributed by atoms with Crippen LogP contribution < -0.4 is 10.6 Å². The van der Waals surface area contributed by atoms with E-state index < -0.39 is 0 Å². The summed E-state index contributed by atoms with van der Waals surface area (Å²) in [6, 6.07) is 20.0. The molecular formula is C19H22N2O. The predicted octanol–water partition coefficient (Wildman–Crippen LogP) is 2.49. The minimum Gasteiger partial charge on any atom is -0.352 e. The Hall–Kier alpha value is -2.13. The van der Waals surface area contributed by atoms with Gasteiger partial charge in [-0.1, -0.05) is 48.5 Å². The molecule has 3 rings (SSSR count). The van der Waals surface area contributed by atoms with Crippen molar-refractivity contribution in [2.75, 3.05) is 19.6 Å². The summed E-state index contributed by atoms with van der Waals surface area (Å²) in [7, 11) is 0. The summed E-state index contributed by atoms with van der Waals surface area (Å²) < 4.78 is 0. The van der Waals surface area contributed by atoms with Gasteiger partial charge in [0.05, 0.1) is 0 Å². The summed E-state index contributed by atoms with van der Waals surface area (Å²) >= 11 is 0. The van der Waals surface area contributed by atoms with E-state index in [4.69, 9.17) is 0 Å². The van der Waals surface area contributed by atoms with Crippen molar-refractivity contribution < 1.29 is 4.79 Å². The van der Waals surface area contributed by atoms with Crippen molar-refractivity contribution in [3.05, 3.63) is 71.8 Å². The lowest BCUT2D eigenvalue weighted by Gasteiger charge is -2.19. The van der Waals surface area contributed by atoms with E-state index >= 15 is 0 Å². The monoisotopic (exact) mass is 294 g/mol. The molecule has 1 aliphatic heterocycles. The van der Waals surface area contributed by atoms with Crippen molar-refractivity contribution >= 4 is 5.91 Å². The van der Waals surface area contributed by atoms with Gasteiger partial charge in [0.15, 0.2) is 0 Å². The molecule has 2 unspecified atom stereocenters. The van der Waals surface area contributed by atoms with Gasteiger partial charge in [-0.15, -0.1) is 0 Å². The minimum absolute atomic E-state index is 0.0194. The van der Waals surface area contributed by atoms with Crippen molar-refractivity contribution in [3.8, 4) is 0 Å². The van der Waals surface area contributed by atoms with Crippen LogP contribution in [0.3, 0.4) is 0 Å². The fourth-order valence-corrected chi connectivity index (χ4v) is 3.10. The van der Waals surface area contributed by atoms with Crippen LogP contribution in [-0.4, -0.2) is 25.5 Å². The minimum atomic E-state index is 0.0194. The Bertz CT molecular complexity index is 597. The van der Waals surface area contributed by atoms with Crippen molar-refractivity contribution in [2.45, 2.75) is 6.42 Å². The maximum atomic E-state index is 12.1. The largest absolute Gasteiger partial charge is 0.352 e. The summed E-state index contributed by atoms with van der Waals surface area (Å²) in [5, 5.41) is 6.53. The molecular weight excluding hydrogens is 272 g/mol. The summed E-state index contributed by atoms with van der Waals surface area (Å²) in [5.41, 5.74) is 2.10. The van der Waals surface area contributed by atoms with Crippen LogP contribution in [0.2, 0.25) is 0 Å². The zero-order valence-electron chi connectivity index (χ0n) is 12.7. The lowest BCUT2D eigenvalue weighted by Crippen LogP contribution is -2.33. The summed E-state index contributed by atoms with van der Waals surface area (Å²) in [4.78, 5) is 12.1. The van der Waals surface area contributed by atoms with Gasteiger partial charge in [-0.3, -0.25) is 4.79 Å². The first-order valence-electron chi connectivity index (χ1n) is 7.91. The first-order chi connectivity index (χ1) is 10.8. The fourth-order valence-electron chi connectivity index (χ4n) is 3.10. The van der Waals surface area contributed by atoms with E-state index in [-0.39, 0.29) is 5.91 Å². The number of rotatable bonds is 5. The van der Waals surface area contributed by atoms with Gasteiger partial charge in [-0.2, -0.15) is 0 Å². The Balaban J connectivity index is 1.54. The van der Waals surface area contributed by atoms with E-state index in [2.05, 4.69) is 34.9 Å². The zero-order valence-corrected chi connectivity index (χ0v) is 12.7. The van der Waals surface area contributed by atoms with Crippen LogP contribution in [0.15, 0.2) is 60.7 Å². The van der Waals surface area contributed by atoms with Gasteiger partial charge in [0.2, 0.25) is 0 Å². The third kappa shape index (κ3) is 3.74. The van der Waals surface area contributed by atoms with Crippen LogP contribution in [0.1, 0.15) is 15.9 Å². The SMILES string of the molecule is O=C(NCC1CNCC1Cc1ccccc1)c1ccccc1. The molecule has 2 aromatic rings. The normalized spacial score (nSPS) is 20.7. The molecule has 0 aromatic heterocycles. The number of carbonyl (C=O) groups is 1. The van der Waals surface area contributed by atoms with E-state index in [1.165, 1.54) is 5.56 Å². The van der Waals surface area contributed by atoms with Gasteiger partial charge < -0.3 is 10.6 Å². The van der Waals surface area contributed by atoms with Crippen molar-refractivity contribution in [1.82, 2.24) is 10.6 Å². The standard InChI is InChI=1S/C19H22N2O/c22-19(16-9-5-2-6-10-16)21-14-18-13-20-12-17(18)11-15-7-3-1-4-8-15/h1-10,17-18,20H,11-14H2,(H,21,22). The molecule has 22 heavy (non-hydrogen) atoms. The van der Waals surface area contributed by atoms with Crippen molar-refractivity contribution in [1.29, 1.82) is 0 Å². The predicted molar refractivity (Wildman–Crippen MR) is 88.8 cm³/mol. The molecule has 1 aliphatic rings. The number of hydrogen-bond donors (Lipinski definition) is 2. The highest BCUT2D eigenvalue weighted by molar-refractivity contribution is 5.94. The molecule has 0 radical (unpaired) electrons. The van der Waals surface area contributed by atoms with Crippen molar-refractivity contribution in [3.63, 3.8) is 0 Å². The van der Waals surface area contributed by atoms with Crippen LogP contribution in [0, 0.1) is 11.8 Å². The highest BCUT2D eigenvalue weighted by Crippen LogP contribution is 2.21. The van der Waals surface area contributed by atoms with Crippen LogP contribution in [-0.2, 0) is 6.42 Å². The van der Waals surface area contributed by atoms with E-state index in [0.717, 1.165) is 31.6 Å². The Morgan fingerprint density at radius 2 is 1.59 bits per heavy atom. The number of benzene rings is 2. The molecule has 2 aromatic carbocycles. The van der Waals surface area contributed by atoms with Crippen molar-refractivity contribution in [2.24, 2.45) is 11.8 Å². The van der Waals surface area contributed by atoms with E-state index in [1.807, 2.05) is 36.4 Å². The van der Waals surface area contributed by atoms with Gasteiger partial charge in [-0.05, 0) is 49.0 Å². The van der Waals surface area contributed by atoms with E-state index in [9.17, 15) is 4.79 Å². The molecule has 1 fully saturated rings. The number of carbonyl (C=O) groups excluding carboxylic acids is 1. The average Bonchev–Trinajstić information content (AvgIpc) is 3.01. The molecule has 1 amide bonds. The summed E-state index contributed by atoms with van der Waals surface area (Å²) in [6.45, 7) is 2.74. The van der Waals surface area contributed by atoms with Gasteiger partial charge in [0.25, 0.3) is 5.91 Å². The molecule has 0 spiro atoms. The van der Waals surface area contributed by atoms with Gasteiger partial charge in [0.1, 0.15) is 0 Å². The maximum absolute atomic E-state index is 12.1. The lowest BCUT2D eigenvalue weighted by atomic mass is 9.89. The molecule has 1 saturated heterocycles. The third-order valence-corrected chi connectivity index (χ3v) is 4.38. The molecule has 2 N–H and O–H groups in total. The molecule has 2 atom stereocenters. The molecule has 0 saturated carbocycles. The Morgan fingerprint density at radius 3 is 2.32 bits per heavy atom. The highest BCUT2D eigenvalue weighted by Gasteiger charge is 2.27.